The lowest BCUT2D eigenvalue weighted by Crippen LogP contribution is -2.58. The fourth-order valence-electron chi connectivity index (χ4n) is 3.59. The molecule has 1 fully saturated rings. The number of nitrogens with zero attached hydrogens (tertiary/aromatic N) is 4. The Balaban J connectivity index is 3.22. The van der Waals surface area contributed by atoms with E-state index in [0.29, 0.717) is 12.8 Å². The zero-order valence-electron chi connectivity index (χ0n) is 19.2. The summed E-state index contributed by atoms with van der Waals surface area (Å²) in [4.78, 5) is 29.1. The Morgan fingerprint density at radius 1 is 0.800 bits per heavy atom. The van der Waals surface area contributed by atoms with E-state index < -0.39 is 23.4 Å². The molecule has 0 bridgehead atoms. The Labute approximate surface area is 180 Å². The summed E-state index contributed by atoms with van der Waals surface area (Å²) >= 11 is 0. The number of hydrogen-bond donors (Lipinski definition) is 0. The fourth-order valence-corrected chi connectivity index (χ4v) is 3.59. The molecular weight excluding hydrogens is 384 g/mol. The van der Waals surface area contributed by atoms with Crippen LogP contribution >= 0.6 is 0 Å². The van der Waals surface area contributed by atoms with Crippen LogP contribution in [0.15, 0.2) is 0 Å². The van der Waals surface area contributed by atoms with Crippen molar-refractivity contribution in [2.75, 3.05) is 13.1 Å². The van der Waals surface area contributed by atoms with Gasteiger partial charge in [0.15, 0.2) is 0 Å². The van der Waals surface area contributed by atoms with Gasteiger partial charge in [0.05, 0.1) is 37.1 Å². The first-order valence-electron chi connectivity index (χ1n) is 10.6. The largest absolute Gasteiger partial charge is 0.444 e. The molecule has 0 radical (unpaired) electrons. The van der Waals surface area contributed by atoms with Crippen LogP contribution in [0.5, 0.6) is 0 Å². The average Bonchev–Trinajstić information content (AvgIpc) is 2.60. The van der Waals surface area contributed by atoms with E-state index in [1.54, 1.807) is 51.3 Å². The molecule has 0 aliphatic heterocycles. The van der Waals surface area contributed by atoms with Gasteiger partial charge in [-0.2, -0.15) is 10.5 Å². The molecule has 1 aliphatic carbocycles. The van der Waals surface area contributed by atoms with Crippen molar-refractivity contribution in [2.24, 2.45) is 0 Å². The van der Waals surface area contributed by atoms with E-state index in [2.05, 4.69) is 12.1 Å². The first-order chi connectivity index (χ1) is 13.9. The highest BCUT2D eigenvalue weighted by Gasteiger charge is 2.40. The smallest absolute Gasteiger partial charge is 0.410 e. The average molecular weight is 421 g/mol. The van der Waals surface area contributed by atoms with Crippen LogP contribution in [-0.2, 0) is 9.47 Å². The zero-order chi connectivity index (χ0) is 22.9. The van der Waals surface area contributed by atoms with E-state index in [1.165, 1.54) is 0 Å². The molecule has 8 heteroatoms. The van der Waals surface area contributed by atoms with Crippen molar-refractivity contribution in [3.05, 3.63) is 0 Å². The van der Waals surface area contributed by atoms with Gasteiger partial charge in [0.2, 0.25) is 0 Å². The Morgan fingerprint density at radius 3 is 1.40 bits per heavy atom. The van der Waals surface area contributed by atoms with Crippen LogP contribution in [-0.4, -0.2) is 58.4 Å². The first kappa shape index (κ1) is 25.6. The number of ether oxygens (including phenoxy) is 2. The lowest BCUT2D eigenvalue weighted by atomic mass is 9.88. The third kappa shape index (κ3) is 8.49. The van der Waals surface area contributed by atoms with Crippen molar-refractivity contribution in [1.29, 1.82) is 10.5 Å². The summed E-state index contributed by atoms with van der Waals surface area (Å²) in [7, 11) is 0. The molecule has 168 valence electrons. The second-order valence-corrected chi connectivity index (χ2v) is 9.58. The maximum atomic E-state index is 13.0. The van der Waals surface area contributed by atoms with Crippen LogP contribution in [0.3, 0.4) is 0 Å². The lowest BCUT2D eigenvalue weighted by molar-refractivity contribution is -0.0188. The second kappa shape index (κ2) is 11.1. The van der Waals surface area contributed by atoms with Crippen molar-refractivity contribution in [1.82, 2.24) is 9.80 Å². The van der Waals surface area contributed by atoms with E-state index in [1.807, 2.05) is 0 Å². The molecule has 8 nitrogen and oxygen atoms in total. The van der Waals surface area contributed by atoms with E-state index in [9.17, 15) is 9.59 Å². The minimum Gasteiger partial charge on any atom is -0.444 e. The van der Waals surface area contributed by atoms with Crippen LogP contribution in [0.2, 0.25) is 0 Å². The molecular formula is C22H36N4O4. The van der Waals surface area contributed by atoms with E-state index in [0.717, 1.165) is 12.8 Å². The standard InChI is InChI=1S/C22H36N4O4/c1-21(2,3)29-19(27)25(15-9-13-23)17-11-7-8-12-18(17)26(16-10-14-24)20(28)30-22(4,5)6/h17-18H,7-12,15-16H2,1-6H3. The van der Waals surface area contributed by atoms with Crippen molar-refractivity contribution in [3.63, 3.8) is 0 Å². The molecule has 0 aromatic heterocycles. The summed E-state index contributed by atoms with van der Waals surface area (Å²) in [6.45, 7) is 11.2. The first-order valence-corrected chi connectivity index (χ1v) is 10.6. The number of nitriles is 2. The van der Waals surface area contributed by atoms with Gasteiger partial charge in [-0.25, -0.2) is 9.59 Å². The molecule has 1 rings (SSSR count). The van der Waals surface area contributed by atoms with Crippen molar-refractivity contribution in [2.45, 2.75) is 103 Å². The van der Waals surface area contributed by atoms with Crippen molar-refractivity contribution in [3.8, 4) is 12.1 Å². The maximum Gasteiger partial charge on any atom is 0.410 e. The van der Waals surface area contributed by atoms with Gasteiger partial charge in [-0.1, -0.05) is 12.8 Å². The van der Waals surface area contributed by atoms with Gasteiger partial charge in [-0.15, -0.1) is 0 Å². The van der Waals surface area contributed by atoms with E-state index >= 15 is 0 Å². The molecule has 0 N–H and O–H groups in total. The summed E-state index contributed by atoms with van der Waals surface area (Å²) in [5.41, 5.74) is -1.34. The Kier molecular flexibility index (Phi) is 9.42. The van der Waals surface area contributed by atoms with E-state index in [4.69, 9.17) is 20.0 Å². The SMILES string of the molecule is CC(C)(C)OC(=O)N(CCC#N)C1CCCCC1N(CCC#N)C(=O)OC(C)(C)C. The monoisotopic (exact) mass is 420 g/mol. The van der Waals surface area contributed by atoms with Gasteiger partial charge in [0, 0.05) is 13.1 Å². The molecule has 2 atom stereocenters. The molecule has 0 heterocycles. The molecule has 0 spiro atoms. The van der Waals surface area contributed by atoms with E-state index in [-0.39, 0.29) is 38.0 Å². The normalized spacial score (nSPS) is 19.2. The zero-order valence-corrected chi connectivity index (χ0v) is 19.2. The molecule has 30 heavy (non-hydrogen) atoms. The minimum absolute atomic E-state index is 0.174. The van der Waals surface area contributed by atoms with Gasteiger partial charge >= 0.3 is 12.2 Å². The van der Waals surface area contributed by atoms with Crippen LogP contribution < -0.4 is 0 Å². The van der Waals surface area contributed by atoms with Gasteiger partial charge < -0.3 is 19.3 Å². The van der Waals surface area contributed by atoms with Crippen molar-refractivity contribution >= 4 is 12.2 Å². The number of amides is 2. The third-order valence-corrected chi connectivity index (χ3v) is 4.68. The van der Waals surface area contributed by atoms with Crippen LogP contribution in [0, 0.1) is 22.7 Å². The Hall–Kier alpha value is -2.48. The second-order valence-electron chi connectivity index (χ2n) is 9.58. The number of hydrogen-bond acceptors (Lipinski definition) is 6. The summed E-state index contributed by atoms with van der Waals surface area (Å²) in [5.74, 6) is 0. The summed E-state index contributed by atoms with van der Waals surface area (Å²) in [5, 5.41) is 18.2. The Morgan fingerprint density at radius 2 is 1.13 bits per heavy atom. The summed E-state index contributed by atoms with van der Waals surface area (Å²) in [6.07, 6.45) is 2.59. The number of carbonyl (C=O) groups excluding carboxylic acids is 2. The molecule has 0 saturated heterocycles. The predicted octanol–water partition coefficient (Wildman–Crippen LogP) is 4.60. The van der Waals surface area contributed by atoms with Crippen molar-refractivity contribution < 1.29 is 19.1 Å². The fraction of sp³-hybridized carbons (Fsp3) is 0.818. The topological polar surface area (TPSA) is 107 Å². The highest BCUT2D eigenvalue weighted by atomic mass is 16.6. The molecule has 0 aromatic rings. The number of rotatable bonds is 6. The highest BCUT2D eigenvalue weighted by molar-refractivity contribution is 5.70. The molecule has 2 amide bonds. The molecule has 0 aromatic carbocycles. The van der Waals surface area contributed by atoms with Crippen LogP contribution in [0.4, 0.5) is 9.59 Å². The predicted molar refractivity (Wildman–Crippen MR) is 112 cm³/mol. The highest BCUT2D eigenvalue weighted by Crippen LogP contribution is 2.30. The Bertz CT molecular complexity index is 609. The maximum absolute atomic E-state index is 13.0. The third-order valence-electron chi connectivity index (χ3n) is 4.68. The quantitative estimate of drug-likeness (QED) is 0.621. The summed E-state index contributed by atoms with van der Waals surface area (Å²) in [6, 6.07) is 3.58. The summed E-state index contributed by atoms with van der Waals surface area (Å²) < 4.78 is 11.2. The van der Waals surface area contributed by atoms with Crippen LogP contribution in [0.1, 0.15) is 80.1 Å². The lowest BCUT2D eigenvalue weighted by Gasteiger charge is -2.44. The molecule has 1 saturated carbocycles. The van der Waals surface area contributed by atoms with Gasteiger partial charge in [0.1, 0.15) is 11.2 Å². The molecule has 1 aliphatic rings. The number of carbonyl (C=O) groups is 2. The van der Waals surface area contributed by atoms with Gasteiger partial charge in [-0.3, -0.25) is 0 Å². The molecule has 2 unspecified atom stereocenters. The van der Waals surface area contributed by atoms with Gasteiger partial charge in [0.25, 0.3) is 0 Å². The van der Waals surface area contributed by atoms with Crippen LogP contribution in [0.25, 0.3) is 0 Å². The van der Waals surface area contributed by atoms with Gasteiger partial charge in [-0.05, 0) is 54.4 Å². The minimum atomic E-state index is -0.669.